The van der Waals surface area contributed by atoms with Gasteiger partial charge < -0.3 is 4.98 Å². The summed E-state index contributed by atoms with van der Waals surface area (Å²) in [5.41, 5.74) is 3.62. The molecular weight excluding hydrogens is 242 g/mol. The van der Waals surface area contributed by atoms with Crippen LogP contribution in [0.3, 0.4) is 0 Å². The van der Waals surface area contributed by atoms with Crippen LogP contribution in [0.15, 0.2) is 42.0 Å². The average molecular weight is 255 g/mol. The van der Waals surface area contributed by atoms with Gasteiger partial charge in [-0.2, -0.15) is 0 Å². The van der Waals surface area contributed by atoms with E-state index in [9.17, 15) is 0 Å². The zero-order chi connectivity index (χ0) is 12.4. The summed E-state index contributed by atoms with van der Waals surface area (Å²) in [6.07, 6.45) is 4.60. The summed E-state index contributed by atoms with van der Waals surface area (Å²) < 4.78 is 0. The predicted molar refractivity (Wildman–Crippen MR) is 73.7 cm³/mol. The van der Waals surface area contributed by atoms with E-state index in [1.165, 1.54) is 11.1 Å². The van der Waals surface area contributed by atoms with Crippen LogP contribution in [-0.4, -0.2) is 15.0 Å². The van der Waals surface area contributed by atoms with Crippen molar-refractivity contribution >= 4 is 11.3 Å². The molecule has 0 aliphatic carbocycles. The van der Waals surface area contributed by atoms with Crippen molar-refractivity contribution in [3.8, 4) is 10.6 Å². The Morgan fingerprint density at radius 3 is 2.83 bits per heavy atom. The van der Waals surface area contributed by atoms with Gasteiger partial charge in [-0.25, -0.2) is 9.97 Å². The van der Waals surface area contributed by atoms with Crippen LogP contribution < -0.4 is 0 Å². The second-order valence-corrected chi connectivity index (χ2v) is 5.06. The average Bonchev–Trinajstić information content (AvgIpc) is 3.02. The van der Waals surface area contributed by atoms with Crippen molar-refractivity contribution < 1.29 is 0 Å². The lowest BCUT2D eigenvalue weighted by molar-refractivity contribution is 1.07. The molecule has 0 saturated heterocycles. The Kier molecular flexibility index (Phi) is 2.94. The third kappa shape index (κ3) is 2.19. The van der Waals surface area contributed by atoms with Gasteiger partial charge in [0.05, 0.1) is 0 Å². The first-order valence-electron chi connectivity index (χ1n) is 5.81. The van der Waals surface area contributed by atoms with Gasteiger partial charge in [0, 0.05) is 35.5 Å². The molecule has 3 rings (SSSR count). The third-order valence-corrected chi connectivity index (χ3v) is 3.62. The van der Waals surface area contributed by atoms with Crippen molar-refractivity contribution in [3.05, 3.63) is 59.1 Å². The summed E-state index contributed by atoms with van der Waals surface area (Å²) in [7, 11) is 0. The molecule has 1 N–H and O–H groups in total. The lowest BCUT2D eigenvalue weighted by atomic mass is 10.0. The number of hydrogen-bond acceptors (Lipinski definition) is 3. The summed E-state index contributed by atoms with van der Waals surface area (Å²) in [5, 5.41) is 3.08. The number of aromatic amines is 1. The number of imidazole rings is 1. The highest BCUT2D eigenvalue weighted by Crippen LogP contribution is 2.26. The summed E-state index contributed by atoms with van der Waals surface area (Å²) in [4.78, 5) is 11.9. The predicted octanol–water partition coefficient (Wildman–Crippen LogP) is 3.43. The van der Waals surface area contributed by atoms with Gasteiger partial charge in [0.15, 0.2) is 0 Å². The van der Waals surface area contributed by atoms with Gasteiger partial charge in [-0.1, -0.05) is 24.3 Å². The summed E-state index contributed by atoms with van der Waals surface area (Å²) in [5.74, 6) is 0.955. The van der Waals surface area contributed by atoms with Crippen LogP contribution >= 0.6 is 11.3 Å². The number of thiazole rings is 1. The minimum Gasteiger partial charge on any atom is -0.346 e. The van der Waals surface area contributed by atoms with Gasteiger partial charge in [0.25, 0.3) is 0 Å². The molecule has 0 aliphatic rings. The first-order chi connectivity index (χ1) is 8.83. The van der Waals surface area contributed by atoms with E-state index in [4.69, 9.17) is 0 Å². The highest BCUT2D eigenvalue weighted by atomic mass is 32.1. The molecule has 4 heteroatoms. The van der Waals surface area contributed by atoms with Gasteiger partial charge in [-0.05, 0) is 12.5 Å². The molecule has 0 fully saturated rings. The molecule has 0 bridgehead atoms. The highest BCUT2D eigenvalue weighted by Gasteiger charge is 2.08. The van der Waals surface area contributed by atoms with Crippen molar-refractivity contribution in [1.29, 1.82) is 0 Å². The van der Waals surface area contributed by atoms with Crippen LogP contribution in [0.5, 0.6) is 0 Å². The van der Waals surface area contributed by atoms with Crippen LogP contribution in [0.1, 0.15) is 17.1 Å². The van der Waals surface area contributed by atoms with Gasteiger partial charge in [0.2, 0.25) is 0 Å². The van der Waals surface area contributed by atoms with Crippen LogP contribution in [0.25, 0.3) is 10.6 Å². The molecule has 2 heterocycles. The number of nitrogens with zero attached hydrogens (tertiary/aromatic N) is 2. The Morgan fingerprint density at radius 2 is 2.11 bits per heavy atom. The number of hydrogen-bond donors (Lipinski definition) is 1. The monoisotopic (exact) mass is 255 g/mol. The minimum absolute atomic E-state index is 0.858. The lowest BCUT2D eigenvalue weighted by Gasteiger charge is -2.05. The van der Waals surface area contributed by atoms with E-state index in [0.717, 1.165) is 22.9 Å². The molecule has 0 unspecified atom stereocenters. The zero-order valence-electron chi connectivity index (χ0n) is 10.1. The first kappa shape index (κ1) is 11.2. The maximum absolute atomic E-state index is 4.39. The molecule has 0 amide bonds. The number of H-pyrrole nitrogens is 1. The minimum atomic E-state index is 0.858. The van der Waals surface area contributed by atoms with Crippen LogP contribution in [0.2, 0.25) is 0 Å². The second-order valence-electron chi connectivity index (χ2n) is 4.17. The molecule has 90 valence electrons. The SMILES string of the molecule is Cc1ncc(Cc2ccccc2-c2nccs2)[nH]1. The number of nitrogens with one attached hydrogen (secondary N) is 1. The molecule has 18 heavy (non-hydrogen) atoms. The van der Waals surface area contributed by atoms with Crippen molar-refractivity contribution in [2.24, 2.45) is 0 Å². The zero-order valence-corrected chi connectivity index (χ0v) is 10.9. The molecule has 0 radical (unpaired) electrons. The molecular formula is C14H13N3S. The summed E-state index contributed by atoms with van der Waals surface area (Å²) in [6.45, 7) is 1.97. The van der Waals surface area contributed by atoms with E-state index >= 15 is 0 Å². The molecule has 0 saturated carbocycles. The van der Waals surface area contributed by atoms with E-state index in [2.05, 4.69) is 39.2 Å². The molecule has 0 spiro atoms. The maximum Gasteiger partial charge on any atom is 0.123 e. The van der Waals surface area contributed by atoms with Crippen LogP contribution in [-0.2, 0) is 6.42 Å². The molecule has 0 atom stereocenters. The fraction of sp³-hybridized carbons (Fsp3) is 0.143. The van der Waals surface area contributed by atoms with Gasteiger partial charge in [-0.15, -0.1) is 11.3 Å². The molecule has 3 nitrogen and oxygen atoms in total. The quantitative estimate of drug-likeness (QED) is 0.779. The standard InChI is InChI=1S/C14H13N3S/c1-10-16-9-12(17-10)8-11-4-2-3-5-13(11)14-15-6-7-18-14/h2-7,9H,8H2,1H3,(H,16,17). The number of aryl methyl sites for hydroxylation is 1. The second kappa shape index (κ2) is 4.74. The Hall–Kier alpha value is -1.94. The fourth-order valence-corrected chi connectivity index (χ4v) is 2.70. The van der Waals surface area contributed by atoms with Crippen molar-refractivity contribution in [1.82, 2.24) is 15.0 Å². The number of benzene rings is 1. The Balaban J connectivity index is 1.97. The third-order valence-electron chi connectivity index (χ3n) is 2.82. The summed E-state index contributed by atoms with van der Waals surface area (Å²) >= 11 is 1.67. The van der Waals surface area contributed by atoms with Crippen molar-refractivity contribution in [2.45, 2.75) is 13.3 Å². The van der Waals surface area contributed by atoms with Crippen LogP contribution in [0.4, 0.5) is 0 Å². The van der Waals surface area contributed by atoms with E-state index in [0.29, 0.717) is 0 Å². The lowest BCUT2D eigenvalue weighted by Crippen LogP contribution is -1.92. The van der Waals surface area contributed by atoms with Gasteiger partial charge in [-0.3, -0.25) is 0 Å². The highest BCUT2D eigenvalue weighted by molar-refractivity contribution is 7.13. The number of rotatable bonds is 3. The Morgan fingerprint density at radius 1 is 1.22 bits per heavy atom. The van der Waals surface area contributed by atoms with E-state index in [1.54, 1.807) is 11.3 Å². The molecule has 3 aromatic rings. The van der Waals surface area contributed by atoms with Crippen LogP contribution in [0, 0.1) is 6.92 Å². The molecule has 0 aliphatic heterocycles. The van der Waals surface area contributed by atoms with Crippen molar-refractivity contribution in [3.63, 3.8) is 0 Å². The van der Waals surface area contributed by atoms with Gasteiger partial charge >= 0.3 is 0 Å². The largest absolute Gasteiger partial charge is 0.346 e. The summed E-state index contributed by atoms with van der Waals surface area (Å²) in [6, 6.07) is 8.39. The normalized spacial score (nSPS) is 10.7. The smallest absolute Gasteiger partial charge is 0.123 e. The number of aromatic nitrogens is 3. The maximum atomic E-state index is 4.39. The topological polar surface area (TPSA) is 41.6 Å². The fourth-order valence-electron chi connectivity index (χ4n) is 2.01. The molecule has 2 aromatic heterocycles. The first-order valence-corrected chi connectivity index (χ1v) is 6.69. The van der Waals surface area contributed by atoms with Gasteiger partial charge in [0.1, 0.15) is 10.8 Å². The van der Waals surface area contributed by atoms with E-state index in [1.807, 2.05) is 24.7 Å². The van der Waals surface area contributed by atoms with E-state index < -0.39 is 0 Å². The Labute approximate surface area is 110 Å². The van der Waals surface area contributed by atoms with E-state index in [-0.39, 0.29) is 0 Å². The molecule has 1 aromatic carbocycles. The Bertz CT molecular complexity index is 641. The van der Waals surface area contributed by atoms with Crippen molar-refractivity contribution in [2.75, 3.05) is 0 Å².